The molecule has 7 heteroatoms. The molecule has 1 N–H and O–H groups in total. The summed E-state index contributed by atoms with van der Waals surface area (Å²) in [5.41, 5.74) is 0. The Bertz CT molecular complexity index is 210. The van der Waals surface area contributed by atoms with Crippen molar-refractivity contribution >= 4 is 10.1 Å². The minimum absolute atomic E-state index is 0.408. The predicted molar refractivity (Wildman–Crippen MR) is 31.0 cm³/mol. The largest absolute Gasteiger partial charge is 0.743 e. The minimum Gasteiger partial charge on any atom is -0.743 e. The van der Waals surface area contributed by atoms with E-state index in [4.69, 9.17) is 5.11 Å². The number of alkyl halides is 2. The molecule has 0 spiro atoms. The lowest BCUT2D eigenvalue weighted by Gasteiger charge is -2.18. The molecule has 0 aliphatic carbocycles. The molecule has 11 heavy (non-hydrogen) atoms. The van der Waals surface area contributed by atoms with Crippen molar-refractivity contribution in [1.82, 2.24) is 0 Å². The molecule has 0 aromatic heterocycles. The van der Waals surface area contributed by atoms with E-state index in [0.717, 1.165) is 0 Å². The number of rotatable bonds is 4. The van der Waals surface area contributed by atoms with Gasteiger partial charge in [0.1, 0.15) is 0 Å². The highest BCUT2D eigenvalue weighted by Crippen LogP contribution is 2.25. The Morgan fingerprint density at radius 3 is 2.18 bits per heavy atom. The van der Waals surface area contributed by atoms with Crippen LogP contribution in [0.2, 0.25) is 0 Å². The first-order valence-corrected chi connectivity index (χ1v) is 4.16. The average Bonchev–Trinajstić information content (AvgIpc) is 1.81. The molecule has 0 heterocycles. The molecular formula is C4H7F2O4S-. The maximum absolute atomic E-state index is 12.1. The summed E-state index contributed by atoms with van der Waals surface area (Å²) in [4.78, 5) is 0. The molecule has 0 aromatic carbocycles. The van der Waals surface area contributed by atoms with Crippen molar-refractivity contribution in [2.75, 3.05) is 6.61 Å². The van der Waals surface area contributed by atoms with E-state index in [1.165, 1.54) is 0 Å². The number of hydrogen-bond donors (Lipinski definition) is 1. The number of hydrogen-bond acceptors (Lipinski definition) is 4. The first-order chi connectivity index (χ1) is 4.81. The SMILES string of the molecule is O=S(=O)([O-])C(F)(F)CCCO. The molecular weight excluding hydrogens is 182 g/mol. The lowest BCUT2D eigenvalue weighted by Crippen LogP contribution is -2.28. The van der Waals surface area contributed by atoms with Gasteiger partial charge in [-0.15, -0.1) is 0 Å². The Hall–Kier alpha value is -0.270. The molecule has 0 rings (SSSR count). The molecule has 0 amide bonds. The van der Waals surface area contributed by atoms with E-state index in [2.05, 4.69) is 0 Å². The van der Waals surface area contributed by atoms with Crippen LogP contribution in [0.3, 0.4) is 0 Å². The fourth-order valence-corrected chi connectivity index (χ4v) is 0.804. The van der Waals surface area contributed by atoms with Crippen molar-refractivity contribution in [3.8, 4) is 0 Å². The Balaban J connectivity index is 4.24. The summed E-state index contributed by atoms with van der Waals surface area (Å²) in [6, 6.07) is 0. The second-order valence-corrected chi connectivity index (χ2v) is 3.42. The molecule has 0 aromatic rings. The zero-order valence-corrected chi connectivity index (χ0v) is 6.27. The molecule has 0 unspecified atom stereocenters. The standard InChI is InChI=1S/C4H8F2O4S/c5-4(6,2-1-3-7)11(8,9)10/h7H,1-3H2,(H,8,9,10)/p-1. The van der Waals surface area contributed by atoms with E-state index in [9.17, 15) is 21.8 Å². The summed E-state index contributed by atoms with van der Waals surface area (Å²) in [6.45, 7) is -0.564. The highest BCUT2D eigenvalue weighted by molar-refractivity contribution is 7.86. The Kier molecular flexibility index (Phi) is 3.33. The molecule has 0 radical (unpaired) electrons. The van der Waals surface area contributed by atoms with Crippen LogP contribution in [0.4, 0.5) is 8.78 Å². The van der Waals surface area contributed by atoms with Crippen molar-refractivity contribution in [3.05, 3.63) is 0 Å². The van der Waals surface area contributed by atoms with Crippen LogP contribution >= 0.6 is 0 Å². The summed E-state index contributed by atoms with van der Waals surface area (Å²) in [5.74, 6) is 0. The fourth-order valence-electron chi connectivity index (χ4n) is 0.410. The topological polar surface area (TPSA) is 77.4 Å². The summed E-state index contributed by atoms with van der Waals surface area (Å²) in [5, 5.41) is 3.81. The summed E-state index contributed by atoms with van der Waals surface area (Å²) in [7, 11) is -5.57. The summed E-state index contributed by atoms with van der Waals surface area (Å²) < 4.78 is 53.5. The molecule has 0 aliphatic rings. The lowest BCUT2D eigenvalue weighted by molar-refractivity contribution is 0.0620. The first kappa shape index (κ1) is 10.7. The van der Waals surface area contributed by atoms with Crippen molar-refractivity contribution in [1.29, 1.82) is 0 Å². The molecule has 68 valence electrons. The third-order valence-corrected chi connectivity index (χ3v) is 1.93. The van der Waals surface area contributed by atoms with Gasteiger partial charge in [0.25, 0.3) is 0 Å². The molecule has 0 aliphatic heterocycles. The molecule has 4 nitrogen and oxygen atoms in total. The van der Waals surface area contributed by atoms with Gasteiger partial charge in [0.15, 0.2) is 10.1 Å². The highest BCUT2D eigenvalue weighted by Gasteiger charge is 2.36. The molecule has 0 bridgehead atoms. The van der Waals surface area contributed by atoms with E-state index in [1.807, 2.05) is 0 Å². The quantitative estimate of drug-likeness (QED) is 0.626. The van der Waals surface area contributed by atoms with Crippen molar-refractivity contribution in [2.45, 2.75) is 18.1 Å². The minimum atomic E-state index is -5.57. The second kappa shape index (κ2) is 3.42. The second-order valence-electron chi connectivity index (χ2n) is 1.92. The van der Waals surface area contributed by atoms with Crippen LogP contribution in [0, 0.1) is 0 Å². The first-order valence-electron chi connectivity index (χ1n) is 2.75. The van der Waals surface area contributed by atoms with Crippen LogP contribution < -0.4 is 0 Å². The van der Waals surface area contributed by atoms with Gasteiger partial charge in [0, 0.05) is 13.0 Å². The van der Waals surface area contributed by atoms with Crippen molar-refractivity contribution in [3.63, 3.8) is 0 Å². The Morgan fingerprint density at radius 2 is 1.91 bits per heavy atom. The highest BCUT2D eigenvalue weighted by atomic mass is 32.2. The van der Waals surface area contributed by atoms with Gasteiger partial charge in [-0.25, -0.2) is 8.42 Å². The van der Waals surface area contributed by atoms with Crippen LogP contribution in [0.5, 0.6) is 0 Å². The van der Waals surface area contributed by atoms with Gasteiger partial charge >= 0.3 is 5.25 Å². The van der Waals surface area contributed by atoms with Crippen LogP contribution in [0.25, 0.3) is 0 Å². The van der Waals surface area contributed by atoms with Gasteiger partial charge in [0.05, 0.1) is 0 Å². The number of halogens is 2. The van der Waals surface area contributed by atoms with Gasteiger partial charge in [0.2, 0.25) is 0 Å². The smallest absolute Gasteiger partial charge is 0.334 e. The molecule has 0 atom stereocenters. The molecule has 0 fully saturated rings. The third-order valence-electron chi connectivity index (χ3n) is 0.992. The zero-order chi connectivity index (χ0) is 9.12. The van der Waals surface area contributed by atoms with Crippen molar-refractivity contribution in [2.24, 2.45) is 0 Å². The van der Waals surface area contributed by atoms with E-state index in [0.29, 0.717) is 0 Å². The van der Waals surface area contributed by atoms with Gasteiger partial charge in [-0.1, -0.05) is 0 Å². The summed E-state index contributed by atoms with van der Waals surface area (Å²) >= 11 is 0. The zero-order valence-electron chi connectivity index (χ0n) is 5.46. The normalized spacial score (nSPS) is 13.5. The fraction of sp³-hybridized carbons (Fsp3) is 1.00. The molecule has 0 saturated heterocycles. The predicted octanol–water partition coefficient (Wildman–Crippen LogP) is -0.103. The van der Waals surface area contributed by atoms with Gasteiger partial charge < -0.3 is 9.66 Å². The maximum Gasteiger partial charge on any atom is 0.334 e. The van der Waals surface area contributed by atoms with Gasteiger partial charge in [-0.2, -0.15) is 8.78 Å². The monoisotopic (exact) mass is 189 g/mol. The van der Waals surface area contributed by atoms with E-state index < -0.39 is 34.8 Å². The van der Waals surface area contributed by atoms with E-state index in [1.54, 1.807) is 0 Å². The third kappa shape index (κ3) is 3.08. The average molecular weight is 189 g/mol. The van der Waals surface area contributed by atoms with Gasteiger partial charge in [-0.05, 0) is 6.42 Å². The summed E-state index contributed by atoms with van der Waals surface area (Å²) in [6.07, 6.45) is -1.54. The van der Waals surface area contributed by atoms with Crippen molar-refractivity contribution < 1.29 is 26.9 Å². The van der Waals surface area contributed by atoms with Crippen LogP contribution in [0.1, 0.15) is 12.8 Å². The van der Waals surface area contributed by atoms with Gasteiger partial charge in [-0.3, -0.25) is 0 Å². The molecule has 0 saturated carbocycles. The Morgan fingerprint density at radius 1 is 1.45 bits per heavy atom. The van der Waals surface area contributed by atoms with E-state index in [-0.39, 0.29) is 0 Å². The number of aliphatic hydroxyl groups is 1. The maximum atomic E-state index is 12.1. The van der Waals surface area contributed by atoms with Crippen LogP contribution in [-0.4, -0.2) is 29.9 Å². The number of aliphatic hydroxyl groups excluding tert-OH is 1. The lowest BCUT2D eigenvalue weighted by atomic mass is 10.3. The van der Waals surface area contributed by atoms with E-state index >= 15 is 0 Å². The van der Waals surface area contributed by atoms with Crippen LogP contribution in [-0.2, 0) is 10.1 Å². The van der Waals surface area contributed by atoms with Crippen LogP contribution in [0.15, 0.2) is 0 Å². The Labute approximate surface area is 62.6 Å².